The van der Waals surface area contributed by atoms with E-state index >= 15 is 0 Å². The zero-order chi connectivity index (χ0) is 9.84. The van der Waals surface area contributed by atoms with Crippen LogP contribution >= 0.6 is 0 Å². The fraction of sp³-hybridized carbons (Fsp3) is 0.300. The SMILES string of the molecule is CC(=O)OC(C)c1cccc(O)c1. The normalized spacial score (nSPS) is 12.2. The molecule has 1 unspecified atom stereocenters. The average Bonchev–Trinajstić information content (AvgIpc) is 2.03. The molecule has 0 radical (unpaired) electrons. The predicted molar refractivity (Wildman–Crippen MR) is 48.3 cm³/mol. The zero-order valence-corrected chi connectivity index (χ0v) is 7.65. The summed E-state index contributed by atoms with van der Waals surface area (Å²) in [7, 11) is 0. The van der Waals surface area contributed by atoms with E-state index in [2.05, 4.69) is 0 Å². The summed E-state index contributed by atoms with van der Waals surface area (Å²) in [6.45, 7) is 3.12. The predicted octanol–water partition coefficient (Wildman–Crippen LogP) is 2.02. The largest absolute Gasteiger partial charge is 0.508 e. The number of benzene rings is 1. The summed E-state index contributed by atoms with van der Waals surface area (Å²) in [5.41, 5.74) is 0.787. The first-order chi connectivity index (χ1) is 6.09. The highest BCUT2D eigenvalue weighted by Crippen LogP contribution is 2.20. The number of rotatable bonds is 2. The van der Waals surface area contributed by atoms with Crippen molar-refractivity contribution in [3.63, 3.8) is 0 Å². The molecule has 1 rings (SSSR count). The molecule has 0 bridgehead atoms. The standard InChI is InChI=1S/C10H12O3/c1-7(13-8(2)11)9-4-3-5-10(12)6-9/h3-7,12H,1-2H3. The third-order valence-electron chi connectivity index (χ3n) is 1.68. The second-order valence-electron chi connectivity index (χ2n) is 2.85. The van der Waals surface area contributed by atoms with Gasteiger partial charge in [0.25, 0.3) is 0 Å². The smallest absolute Gasteiger partial charge is 0.303 e. The van der Waals surface area contributed by atoms with E-state index in [0.717, 1.165) is 5.56 Å². The van der Waals surface area contributed by atoms with Gasteiger partial charge < -0.3 is 9.84 Å². The average molecular weight is 180 g/mol. The molecule has 1 N–H and O–H groups in total. The Morgan fingerprint density at radius 2 is 2.23 bits per heavy atom. The molecule has 0 amide bonds. The van der Waals surface area contributed by atoms with Crippen molar-refractivity contribution >= 4 is 5.97 Å². The van der Waals surface area contributed by atoms with Crippen LogP contribution in [0.15, 0.2) is 24.3 Å². The van der Waals surface area contributed by atoms with Gasteiger partial charge in [0, 0.05) is 6.92 Å². The summed E-state index contributed by atoms with van der Waals surface area (Å²) in [5.74, 6) is -0.146. The van der Waals surface area contributed by atoms with E-state index < -0.39 is 0 Å². The number of aromatic hydroxyl groups is 1. The van der Waals surface area contributed by atoms with Crippen LogP contribution < -0.4 is 0 Å². The monoisotopic (exact) mass is 180 g/mol. The third-order valence-corrected chi connectivity index (χ3v) is 1.68. The highest BCUT2D eigenvalue weighted by molar-refractivity contribution is 5.66. The summed E-state index contributed by atoms with van der Waals surface area (Å²) >= 11 is 0. The van der Waals surface area contributed by atoms with Crippen molar-refractivity contribution in [2.75, 3.05) is 0 Å². The quantitative estimate of drug-likeness (QED) is 0.708. The van der Waals surface area contributed by atoms with Crippen LogP contribution in [0.3, 0.4) is 0 Å². The Bertz CT molecular complexity index is 307. The summed E-state index contributed by atoms with van der Waals surface area (Å²) < 4.78 is 4.94. The molecule has 70 valence electrons. The first kappa shape index (κ1) is 9.58. The number of phenolic OH excluding ortho intramolecular Hbond substituents is 1. The third kappa shape index (κ3) is 2.78. The molecule has 0 spiro atoms. The molecule has 3 nitrogen and oxygen atoms in total. The summed E-state index contributed by atoms with van der Waals surface area (Å²) in [4.78, 5) is 10.6. The Morgan fingerprint density at radius 3 is 2.77 bits per heavy atom. The number of hydrogen-bond acceptors (Lipinski definition) is 3. The van der Waals surface area contributed by atoms with Crippen molar-refractivity contribution in [1.82, 2.24) is 0 Å². The molecule has 0 aliphatic carbocycles. The van der Waals surface area contributed by atoms with Gasteiger partial charge in [-0.15, -0.1) is 0 Å². The van der Waals surface area contributed by atoms with Gasteiger partial charge in [-0.2, -0.15) is 0 Å². The van der Waals surface area contributed by atoms with Crippen molar-refractivity contribution in [3.05, 3.63) is 29.8 Å². The van der Waals surface area contributed by atoms with Crippen LogP contribution in [0.4, 0.5) is 0 Å². The summed E-state index contributed by atoms with van der Waals surface area (Å²) in [6, 6.07) is 6.66. The van der Waals surface area contributed by atoms with E-state index in [1.807, 2.05) is 0 Å². The van der Waals surface area contributed by atoms with Crippen LogP contribution in [0, 0.1) is 0 Å². The maximum absolute atomic E-state index is 10.6. The van der Waals surface area contributed by atoms with Crippen molar-refractivity contribution in [1.29, 1.82) is 0 Å². The number of phenols is 1. The molecule has 0 aliphatic heterocycles. The first-order valence-corrected chi connectivity index (χ1v) is 4.05. The Kier molecular flexibility index (Phi) is 2.90. The van der Waals surface area contributed by atoms with Gasteiger partial charge in [-0.05, 0) is 24.6 Å². The zero-order valence-electron chi connectivity index (χ0n) is 7.65. The number of esters is 1. The lowest BCUT2D eigenvalue weighted by molar-refractivity contribution is -0.145. The molecule has 0 heterocycles. The highest BCUT2D eigenvalue weighted by Gasteiger charge is 2.08. The fourth-order valence-electron chi connectivity index (χ4n) is 1.09. The minimum atomic E-state index is -0.323. The van der Waals surface area contributed by atoms with E-state index in [1.54, 1.807) is 31.2 Å². The molecule has 0 saturated heterocycles. The van der Waals surface area contributed by atoms with Crippen molar-refractivity contribution < 1.29 is 14.6 Å². The van der Waals surface area contributed by atoms with Crippen LogP contribution in [0.1, 0.15) is 25.5 Å². The lowest BCUT2D eigenvalue weighted by Gasteiger charge is -2.11. The first-order valence-electron chi connectivity index (χ1n) is 4.05. The Balaban J connectivity index is 2.76. The van der Waals surface area contributed by atoms with Crippen molar-refractivity contribution in [2.24, 2.45) is 0 Å². The molecule has 1 aromatic rings. The lowest BCUT2D eigenvalue weighted by Crippen LogP contribution is -2.04. The Morgan fingerprint density at radius 1 is 1.54 bits per heavy atom. The molecule has 13 heavy (non-hydrogen) atoms. The van der Waals surface area contributed by atoms with Crippen LogP contribution in [-0.2, 0) is 9.53 Å². The van der Waals surface area contributed by atoms with Crippen LogP contribution in [0.25, 0.3) is 0 Å². The molecule has 1 atom stereocenters. The molecular weight excluding hydrogens is 168 g/mol. The summed E-state index contributed by atoms with van der Waals surface area (Å²) in [5, 5.41) is 9.16. The highest BCUT2D eigenvalue weighted by atomic mass is 16.5. The van der Waals surface area contributed by atoms with Crippen molar-refractivity contribution in [3.8, 4) is 5.75 Å². The van der Waals surface area contributed by atoms with E-state index in [1.165, 1.54) is 6.92 Å². The van der Waals surface area contributed by atoms with E-state index in [9.17, 15) is 4.79 Å². The maximum Gasteiger partial charge on any atom is 0.303 e. The molecule has 1 aromatic carbocycles. The number of carbonyl (C=O) groups is 1. The van der Waals surface area contributed by atoms with E-state index in [4.69, 9.17) is 9.84 Å². The van der Waals surface area contributed by atoms with Gasteiger partial charge in [0.05, 0.1) is 0 Å². The van der Waals surface area contributed by atoms with E-state index in [-0.39, 0.29) is 17.8 Å². The minimum Gasteiger partial charge on any atom is -0.508 e. The molecule has 0 aliphatic rings. The summed E-state index contributed by atoms with van der Waals surface area (Å²) in [6.07, 6.45) is -0.315. The van der Waals surface area contributed by atoms with Gasteiger partial charge >= 0.3 is 5.97 Å². The van der Waals surface area contributed by atoms with Crippen molar-refractivity contribution in [2.45, 2.75) is 20.0 Å². The fourth-order valence-corrected chi connectivity index (χ4v) is 1.09. The van der Waals surface area contributed by atoms with Crippen LogP contribution in [0.5, 0.6) is 5.75 Å². The van der Waals surface area contributed by atoms with Gasteiger partial charge in [0.2, 0.25) is 0 Å². The van der Waals surface area contributed by atoms with Gasteiger partial charge in [-0.3, -0.25) is 4.79 Å². The van der Waals surface area contributed by atoms with Gasteiger partial charge in [0.1, 0.15) is 11.9 Å². The second kappa shape index (κ2) is 3.94. The Labute approximate surface area is 77.0 Å². The van der Waals surface area contributed by atoms with E-state index in [0.29, 0.717) is 0 Å². The molecule has 0 fully saturated rings. The van der Waals surface area contributed by atoms with Gasteiger partial charge in [-0.1, -0.05) is 12.1 Å². The van der Waals surface area contributed by atoms with Crippen LogP contribution in [0.2, 0.25) is 0 Å². The maximum atomic E-state index is 10.6. The molecule has 3 heteroatoms. The van der Waals surface area contributed by atoms with Crippen LogP contribution in [-0.4, -0.2) is 11.1 Å². The second-order valence-corrected chi connectivity index (χ2v) is 2.85. The lowest BCUT2D eigenvalue weighted by atomic mass is 10.1. The Hall–Kier alpha value is -1.51. The topological polar surface area (TPSA) is 46.5 Å². The molecule has 0 saturated carbocycles. The number of ether oxygens (including phenoxy) is 1. The number of carbonyl (C=O) groups excluding carboxylic acids is 1. The van der Waals surface area contributed by atoms with Gasteiger partial charge in [-0.25, -0.2) is 0 Å². The van der Waals surface area contributed by atoms with Gasteiger partial charge in [0.15, 0.2) is 0 Å². The molecule has 0 aromatic heterocycles. The molecular formula is C10H12O3. The number of hydrogen-bond donors (Lipinski definition) is 1. The minimum absolute atomic E-state index is 0.177.